The molecular formula is C21H15Cl2NO4. The fraction of sp³-hybridized carbons (Fsp3) is 0.0476. The summed E-state index contributed by atoms with van der Waals surface area (Å²) >= 11 is 11.7. The van der Waals surface area contributed by atoms with Gasteiger partial charge in [-0.25, -0.2) is 4.79 Å². The monoisotopic (exact) mass is 415 g/mol. The van der Waals surface area contributed by atoms with E-state index in [0.717, 1.165) is 0 Å². The Labute approximate surface area is 171 Å². The van der Waals surface area contributed by atoms with E-state index in [1.54, 1.807) is 24.3 Å². The highest BCUT2D eigenvalue weighted by atomic mass is 35.5. The maximum atomic E-state index is 12.0. The average molecular weight is 416 g/mol. The Morgan fingerprint density at radius 1 is 0.821 bits per heavy atom. The highest BCUT2D eigenvalue weighted by Gasteiger charge is 2.12. The zero-order valence-electron chi connectivity index (χ0n) is 14.5. The number of carbonyl (C=O) groups is 2. The molecule has 142 valence electrons. The first kappa shape index (κ1) is 19.7. The highest BCUT2D eigenvalue weighted by molar-refractivity contribution is 6.42. The summed E-state index contributed by atoms with van der Waals surface area (Å²) in [5, 5.41) is 3.21. The summed E-state index contributed by atoms with van der Waals surface area (Å²) in [5.74, 6) is 0.217. The molecule has 0 unspecified atom stereocenters. The number of amides is 1. The van der Waals surface area contributed by atoms with Gasteiger partial charge < -0.3 is 14.8 Å². The van der Waals surface area contributed by atoms with E-state index < -0.39 is 18.5 Å². The van der Waals surface area contributed by atoms with Crippen LogP contribution < -0.4 is 10.1 Å². The summed E-state index contributed by atoms with van der Waals surface area (Å²) in [6.07, 6.45) is 0. The summed E-state index contributed by atoms with van der Waals surface area (Å²) < 4.78 is 10.7. The zero-order valence-corrected chi connectivity index (χ0v) is 16.0. The Morgan fingerprint density at radius 3 is 2.18 bits per heavy atom. The van der Waals surface area contributed by atoms with Crippen molar-refractivity contribution in [3.05, 3.63) is 88.4 Å². The Bertz CT molecular complexity index is 975. The van der Waals surface area contributed by atoms with Crippen LogP contribution in [0.4, 0.5) is 5.69 Å². The van der Waals surface area contributed by atoms with Gasteiger partial charge in [-0.3, -0.25) is 4.79 Å². The molecule has 1 amide bonds. The molecule has 0 aromatic heterocycles. The van der Waals surface area contributed by atoms with E-state index >= 15 is 0 Å². The van der Waals surface area contributed by atoms with Crippen LogP contribution in [0.2, 0.25) is 10.0 Å². The molecule has 5 nitrogen and oxygen atoms in total. The molecule has 0 radical (unpaired) electrons. The smallest absolute Gasteiger partial charge is 0.338 e. The average Bonchev–Trinajstić information content (AvgIpc) is 2.70. The number of carbonyl (C=O) groups excluding carboxylic acids is 2. The Kier molecular flexibility index (Phi) is 6.53. The Hall–Kier alpha value is -3.02. The van der Waals surface area contributed by atoms with Crippen molar-refractivity contribution in [3.8, 4) is 11.5 Å². The van der Waals surface area contributed by atoms with Gasteiger partial charge in [0.1, 0.15) is 11.5 Å². The number of esters is 1. The van der Waals surface area contributed by atoms with Gasteiger partial charge in [0, 0.05) is 5.69 Å². The van der Waals surface area contributed by atoms with E-state index in [1.807, 2.05) is 30.3 Å². The third-order valence-electron chi connectivity index (χ3n) is 3.61. The first-order chi connectivity index (χ1) is 13.5. The second-order valence-corrected chi connectivity index (χ2v) is 6.51. The minimum absolute atomic E-state index is 0.213. The van der Waals surface area contributed by atoms with Crippen LogP contribution in [0.25, 0.3) is 0 Å². The summed E-state index contributed by atoms with van der Waals surface area (Å²) in [4.78, 5) is 23.9. The fourth-order valence-electron chi connectivity index (χ4n) is 2.27. The van der Waals surface area contributed by atoms with Gasteiger partial charge in [-0.05, 0) is 54.6 Å². The molecule has 0 aliphatic rings. The van der Waals surface area contributed by atoms with Gasteiger partial charge in [-0.2, -0.15) is 0 Å². The summed E-state index contributed by atoms with van der Waals surface area (Å²) in [6, 6.07) is 20.5. The normalized spacial score (nSPS) is 10.2. The molecule has 0 atom stereocenters. The maximum absolute atomic E-state index is 12.0. The minimum Gasteiger partial charge on any atom is -0.457 e. The largest absolute Gasteiger partial charge is 0.457 e. The topological polar surface area (TPSA) is 64.6 Å². The van der Waals surface area contributed by atoms with Crippen molar-refractivity contribution >= 4 is 40.8 Å². The predicted octanol–water partition coefficient (Wildman–Crippen LogP) is 5.58. The number of hydrogen-bond donors (Lipinski definition) is 1. The van der Waals surface area contributed by atoms with Crippen LogP contribution in [0.1, 0.15) is 10.4 Å². The van der Waals surface area contributed by atoms with Crippen molar-refractivity contribution in [2.75, 3.05) is 11.9 Å². The number of para-hydroxylation sites is 1. The van der Waals surface area contributed by atoms with Gasteiger partial charge in [0.15, 0.2) is 6.61 Å². The predicted molar refractivity (Wildman–Crippen MR) is 108 cm³/mol. The first-order valence-corrected chi connectivity index (χ1v) is 9.02. The van der Waals surface area contributed by atoms with E-state index in [9.17, 15) is 9.59 Å². The molecule has 0 aliphatic carbocycles. The quantitative estimate of drug-likeness (QED) is 0.533. The van der Waals surface area contributed by atoms with Gasteiger partial charge in [0.05, 0.1) is 15.6 Å². The van der Waals surface area contributed by atoms with Crippen molar-refractivity contribution in [1.82, 2.24) is 0 Å². The molecule has 0 heterocycles. The van der Waals surface area contributed by atoms with Crippen LogP contribution in [0.15, 0.2) is 72.8 Å². The third kappa shape index (κ3) is 5.49. The lowest BCUT2D eigenvalue weighted by molar-refractivity contribution is -0.119. The van der Waals surface area contributed by atoms with Crippen molar-refractivity contribution in [2.45, 2.75) is 0 Å². The lowest BCUT2D eigenvalue weighted by atomic mass is 10.2. The number of nitrogens with one attached hydrogen (secondary N) is 1. The minimum atomic E-state index is -0.666. The van der Waals surface area contributed by atoms with Crippen molar-refractivity contribution in [3.63, 3.8) is 0 Å². The molecule has 0 spiro atoms. The Balaban J connectivity index is 1.50. The van der Waals surface area contributed by atoms with Crippen LogP contribution in [0.3, 0.4) is 0 Å². The number of halogens is 2. The molecule has 3 aromatic carbocycles. The number of anilines is 1. The SMILES string of the molecule is O=C(COC(=O)c1ccc(Cl)c(Cl)c1)Nc1ccc(Oc2ccccc2)cc1. The van der Waals surface area contributed by atoms with Crippen molar-refractivity contribution < 1.29 is 19.1 Å². The van der Waals surface area contributed by atoms with E-state index in [1.165, 1.54) is 18.2 Å². The lowest BCUT2D eigenvalue weighted by Crippen LogP contribution is -2.20. The van der Waals surface area contributed by atoms with Crippen LogP contribution in [0, 0.1) is 0 Å². The van der Waals surface area contributed by atoms with Gasteiger partial charge in [0.2, 0.25) is 0 Å². The van der Waals surface area contributed by atoms with Crippen LogP contribution in [-0.4, -0.2) is 18.5 Å². The summed E-state index contributed by atoms with van der Waals surface area (Å²) in [7, 11) is 0. The molecule has 3 rings (SSSR count). The van der Waals surface area contributed by atoms with E-state index in [0.29, 0.717) is 22.2 Å². The molecule has 7 heteroatoms. The van der Waals surface area contributed by atoms with Gasteiger partial charge in [0.25, 0.3) is 5.91 Å². The second kappa shape index (κ2) is 9.26. The molecule has 0 aliphatic heterocycles. The van der Waals surface area contributed by atoms with Gasteiger partial charge in [-0.1, -0.05) is 41.4 Å². The number of hydrogen-bond acceptors (Lipinski definition) is 4. The molecule has 28 heavy (non-hydrogen) atoms. The maximum Gasteiger partial charge on any atom is 0.338 e. The molecule has 0 bridgehead atoms. The standard InChI is InChI=1S/C21H15Cl2NO4/c22-18-11-6-14(12-19(18)23)21(26)27-13-20(25)24-15-7-9-17(10-8-15)28-16-4-2-1-3-5-16/h1-12H,13H2,(H,24,25). The number of rotatable bonds is 6. The molecule has 3 aromatic rings. The van der Waals surface area contributed by atoms with Crippen molar-refractivity contribution in [2.24, 2.45) is 0 Å². The lowest BCUT2D eigenvalue weighted by Gasteiger charge is -2.09. The molecule has 0 saturated carbocycles. The van der Waals surface area contributed by atoms with E-state index in [4.69, 9.17) is 32.7 Å². The van der Waals surface area contributed by atoms with E-state index in [-0.39, 0.29) is 10.6 Å². The van der Waals surface area contributed by atoms with Gasteiger partial charge >= 0.3 is 5.97 Å². The van der Waals surface area contributed by atoms with Crippen molar-refractivity contribution in [1.29, 1.82) is 0 Å². The molecule has 0 saturated heterocycles. The summed E-state index contributed by atoms with van der Waals surface area (Å²) in [6.45, 7) is -0.429. The second-order valence-electron chi connectivity index (χ2n) is 5.69. The molecular weight excluding hydrogens is 401 g/mol. The first-order valence-electron chi connectivity index (χ1n) is 8.26. The summed E-state index contributed by atoms with van der Waals surface area (Å²) in [5.41, 5.74) is 0.764. The van der Waals surface area contributed by atoms with E-state index in [2.05, 4.69) is 5.32 Å². The third-order valence-corrected chi connectivity index (χ3v) is 4.35. The molecule has 0 fully saturated rings. The number of benzene rings is 3. The highest BCUT2D eigenvalue weighted by Crippen LogP contribution is 2.24. The van der Waals surface area contributed by atoms with Gasteiger partial charge in [-0.15, -0.1) is 0 Å². The fourth-order valence-corrected chi connectivity index (χ4v) is 2.56. The van der Waals surface area contributed by atoms with Crippen LogP contribution in [0.5, 0.6) is 11.5 Å². The number of ether oxygens (including phenoxy) is 2. The zero-order chi connectivity index (χ0) is 19.9. The Morgan fingerprint density at radius 2 is 1.50 bits per heavy atom. The van der Waals surface area contributed by atoms with Crippen LogP contribution >= 0.6 is 23.2 Å². The molecule has 1 N–H and O–H groups in total. The van der Waals surface area contributed by atoms with Crippen LogP contribution in [-0.2, 0) is 9.53 Å².